The quantitative estimate of drug-likeness (QED) is 0.642. The number of methoxy groups -OCH3 is 1. The lowest BCUT2D eigenvalue weighted by Gasteiger charge is -2.25. The first-order chi connectivity index (χ1) is 12.5. The highest BCUT2D eigenvalue weighted by Crippen LogP contribution is 2.21. The van der Waals surface area contributed by atoms with E-state index in [0.29, 0.717) is 38.4 Å². The van der Waals surface area contributed by atoms with Crippen molar-refractivity contribution in [2.45, 2.75) is 32.7 Å². The highest BCUT2D eigenvalue weighted by Gasteiger charge is 2.17. The molecule has 1 N–H and O–H groups in total. The molecule has 0 bridgehead atoms. The highest BCUT2D eigenvalue weighted by molar-refractivity contribution is 7.09. The minimum absolute atomic E-state index is 0.0104. The summed E-state index contributed by atoms with van der Waals surface area (Å²) in [4.78, 5) is 18.6. The third kappa shape index (κ3) is 6.34. The molecule has 26 heavy (non-hydrogen) atoms. The van der Waals surface area contributed by atoms with Crippen LogP contribution >= 0.6 is 11.5 Å². The van der Waals surface area contributed by atoms with Crippen LogP contribution in [-0.4, -0.2) is 48.1 Å². The van der Waals surface area contributed by atoms with Gasteiger partial charge in [0.05, 0.1) is 6.61 Å². The number of aromatic nitrogens is 2. The van der Waals surface area contributed by atoms with Crippen LogP contribution in [0.25, 0.3) is 0 Å². The van der Waals surface area contributed by atoms with E-state index in [9.17, 15) is 9.18 Å². The number of carbonyl (C=O) groups is 1. The number of ether oxygens (including phenoxy) is 1. The van der Waals surface area contributed by atoms with Crippen molar-refractivity contribution in [1.82, 2.24) is 14.7 Å². The molecule has 142 valence electrons. The SMILES string of the molecule is COCCNC(=O)CCN(c1nc(Cc2ccc(F)cc2)ns1)C(C)C. The smallest absolute Gasteiger partial charge is 0.221 e. The van der Waals surface area contributed by atoms with Crippen molar-refractivity contribution < 1.29 is 13.9 Å². The number of anilines is 1. The first-order valence-electron chi connectivity index (χ1n) is 8.59. The van der Waals surface area contributed by atoms with Crippen molar-refractivity contribution in [1.29, 1.82) is 0 Å². The molecule has 0 saturated carbocycles. The van der Waals surface area contributed by atoms with Gasteiger partial charge in [-0.15, -0.1) is 0 Å². The van der Waals surface area contributed by atoms with Gasteiger partial charge in [-0.3, -0.25) is 4.79 Å². The van der Waals surface area contributed by atoms with Gasteiger partial charge in [-0.2, -0.15) is 4.37 Å². The predicted molar refractivity (Wildman–Crippen MR) is 101 cm³/mol. The summed E-state index contributed by atoms with van der Waals surface area (Å²) in [6.07, 6.45) is 0.939. The van der Waals surface area contributed by atoms with E-state index in [4.69, 9.17) is 4.74 Å². The van der Waals surface area contributed by atoms with Crippen LogP contribution < -0.4 is 10.2 Å². The van der Waals surface area contributed by atoms with Crippen LogP contribution in [0.1, 0.15) is 31.7 Å². The van der Waals surface area contributed by atoms with Gasteiger partial charge in [0.25, 0.3) is 0 Å². The summed E-state index contributed by atoms with van der Waals surface area (Å²) in [7, 11) is 1.60. The number of benzene rings is 1. The summed E-state index contributed by atoms with van der Waals surface area (Å²) < 4.78 is 22.3. The zero-order valence-corrected chi connectivity index (χ0v) is 16.2. The lowest BCUT2D eigenvalue weighted by molar-refractivity contribution is -0.121. The number of halogens is 1. The molecular formula is C18H25FN4O2S. The van der Waals surface area contributed by atoms with Crippen LogP contribution in [0.5, 0.6) is 0 Å². The third-order valence-electron chi connectivity index (χ3n) is 3.81. The van der Waals surface area contributed by atoms with Gasteiger partial charge in [-0.05, 0) is 31.5 Å². The van der Waals surface area contributed by atoms with Gasteiger partial charge in [0.1, 0.15) is 11.6 Å². The first-order valence-corrected chi connectivity index (χ1v) is 9.36. The second kappa shape index (κ2) is 10.2. The fraction of sp³-hybridized carbons (Fsp3) is 0.500. The molecule has 1 aromatic carbocycles. The van der Waals surface area contributed by atoms with Crippen molar-refractivity contribution in [3.05, 3.63) is 41.5 Å². The molecule has 0 radical (unpaired) electrons. The third-order valence-corrected chi connectivity index (χ3v) is 4.60. The van der Waals surface area contributed by atoms with Crippen LogP contribution in [0.15, 0.2) is 24.3 Å². The first kappa shape index (κ1) is 20.3. The Bertz CT molecular complexity index is 691. The molecule has 2 aromatic rings. The van der Waals surface area contributed by atoms with Crippen LogP contribution in [0.3, 0.4) is 0 Å². The molecular weight excluding hydrogens is 355 g/mol. The molecule has 8 heteroatoms. The number of hydrogen-bond donors (Lipinski definition) is 1. The Labute approximate surface area is 157 Å². The van der Waals surface area contributed by atoms with E-state index in [2.05, 4.69) is 33.4 Å². The minimum Gasteiger partial charge on any atom is -0.383 e. The summed E-state index contributed by atoms with van der Waals surface area (Å²) in [5.41, 5.74) is 0.962. The summed E-state index contributed by atoms with van der Waals surface area (Å²) in [6.45, 7) is 5.70. The molecule has 0 saturated heterocycles. The molecule has 0 unspecified atom stereocenters. The minimum atomic E-state index is -0.254. The molecule has 0 aliphatic carbocycles. The van der Waals surface area contributed by atoms with E-state index < -0.39 is 0 Å². The average molecular weight is 380 g/mol. The van der Waals surface area contributed by atoms with E-state index in [-0.39, 0.29) is 17.8 Å². The van der Waals surface area contributed by atoms with Gasteiger partial charge in [0.15, 0.2) is 0 Å². The van der Waals surface area contributed by atoms with Crippen molar-refractivity contribution in [2.75, 3.05) is 31.7 Å². The van der Waals surface area contributed by atoms with Crippen molar-refractivity contribution in [3.8, 4) is 0 Å². The normalized spacial score (nSPS) is 11.0. The Morgan fingerprint density at radius 3 is 2.73 bits per heavy atom. The molecule has 0 spiro atoms. The molecule has 0 aliphatic rings. The predicted octanol–water partition coefficient (Wildman–Crippen LogP) is 2.64. The number of carbonyl (C=O) groups excluding carboxylic acids is 1. The van der Waals surface area contributed by atoms with Gasteiger partial charge in [-0.1, -0.05) is 12.1 Å². The molecule has 0 aliphatic heterocycles. The Morgan fingerprint density at radius 2 is 2.08 bits per heavy atom. The second-order valence-corrected chi connectivity index (χ2v) is 6.91. The standard InChI is InChI=1S/C18H25FN4O2S/c1-13(2)23(10-8-17(24)20-9-11-25-3)18-21-16(22-26-18)12-14-4-6-15(19)7-5-14/h4-7,13H,8-12H2,1-3H3,(H,20,24). The molecule has 1 aromatic heterocycles. The van der Waals surface area contributed by atoms with Gasteiger partial charge in [0, 0.05) is 50.6 Å². The topological polar surface area (TPSA) is 67.3 Å². The van der Waals surface area contributed by atoms with Crippen LogP contribution in [0, 0.1) is 5.82 Å². The van der Waals surface area contributed by atoms with Crippen molar-refractivity contribution in [3.63, 3.8) is 0 Å². The maximum absolute atomic E-state index is 13.0. The highest BCUT2D eigenvalue weighted by atomic mass is 32.1. The fourth-order valence-electron chi connectivity index (χ4n) is 2.40. The van der Waals surface area contributed by atoms with Gasteiger partial charge >= 0.3 is 0 Å². The molecule has 0 fully saturated rings. The van der Waals surface area contributed by atoms with Crippen LogP contribution in [0.2, 0.25) is 0 Å². The van der Waals surface area contributed by atoms with E-state index in [1.807, 2.05) is 0 Å². The van der Waals surface area contributed by atoms with Crippen molar-refractivity contribution in [2.24, 2.45) is 0 Å². The molecule has 1 heterocycles. The maximum Gasteiger partial charge on any atom is 0.221 e. The maximum atomic E-state index is 13.0. The Balaban J connectivity index is 1.94. The second-order valence-electron chi connectivity index (χ2n) is 6.18. The summed E-state index contributed by atoms with van der Waals surface area (Å²) in [5.74, 6) is 0.436. The number of hydrogen-bond acceptors (Lipinski definition) is 6. The monoisotopic (exact) mass is 380 g/mol. The fourth-order valence-corrected chi connectivity index (χ4v) is 3.24. The zero-order valence-electron chi connectivity index (χ0n) is 15.4. The average Bonchev–Trinajstić information content (AvgIpc) is 3.05. The Morgan fingerprint density at radius 1 is 1.35 bits per heavy atom. The largest absolute Gasteiger partial charge is 0.383 e. The summed E-state index contributed by atoms with van der Waals surface area (Å²) in [5, 5.41) is 3.61. The van der Waals surface area contributed by atoms with E-state index in [0.717, 1.165) is 10.7 Å². The summed E-state index contributed by atoms with van der Waals surface area (Å²) >= 11 is 1.32. The van der Waals surface area contributed by atoms with Crippen LogP contribution in [-0.2, 0) is 16.0 Å². The van der Waals surface area contributed by atoms with Crippen LogP contribution in [0.4, 0.5) is 9.52 Å². The molecule has 0 atom stereocenters. The molecule has 6 nitrogen and oxygen atoms in total. The van der Waals surface area contributed by atoms with E-state index >= 15 is 0 Å². The van der Waals surface area contributed by atoms with Gasteiger partial charge in [0.2, 0.25) is 11.0 Å². The molecule has 1 amide bonds. The number of nitrogens with zero attached hydrogens (tertiary/aromatic N) is 3. The number of nitrogens with one attached hydrogen (secondary N) is 1. The van der Waals surface area contributed by atoms with Gasteiger partial charge < -0.3 is 15.0 Å². The molecule has 2 rings (SSSR count). The lowest BCUT2D eigenvalue weighted by atomic mass is 10.1. The lowest BCUT2D eigenvalue weighted by Crippen LogP contribution is -2.36. The number of rotatable bonds is 10. The summed E-state index contributed by atoms with van der Waals surface area (Å²) in [6, 6.07) is 6.55. The van der Waals surface area contributed by atoms with Crippen molar-refractivity contribution >= 4 is 22.6 Å². The van der Waals surface area contributed by atoms with E-state index in [1.54, 1.807) is 19.2 Å². The van der Waals surface area contributed by atoms with E-state index in [1.165, 1.54) is 23.7 Å². The number of amides is 1. The zero-order chi connectivity index (χ0) is 18.9. The Kier molecular flexibility index (Phi) is 7.93. The Hall–Kier alpha value is -2.06. The van der Waals surface area contributed by atoms with Gasteiger partial charge in [-0.25, -0.2) is 9.37 Å².